The molecule has 1 aliphatic heterocycles. The third-order valence-electron chi connectivity index (χ3n) is 6.46. The number of ether oxygens (including phenoxy) is 1. The van der Waals surface area contributed by atoms with Crippen LogP contribution in [0.4, 0.5) is 0 Å². The fraction of sp³-hybridized carbons (Fsp3) is 0.296. The number of rotatable bonds is 7. The van der Waals surface area contributed by atoms with Crippen LogP contribution in [0.1, 0.15) is 42.4 Å². The van der Waals surface area contributed by atoms with Crippen molar-refractivity contribution in [3.05, 3.63) is 77.4 Å². The molecule has 5 N–H and O–H groups in total. The molecule has 34 heavy (non-hydrogen) atoms. The number of amidine groups is 2. The number of carbonyl (C=O) groups is 1. The van der Waals surface area contributed by atoms with E-state index in [1.54, 1.807) is 6.92 Å². The van der Waals surface area contributed by atoms with Crippen LogP contribution < -0.4 is 10.5 Å². The number of nitrogens with zero attached hydrogens (tertiary/aromatic N) is 1. The Hall–Kier alpha value is -3.87. The second kappa shape index (κ2) is 9.95. The molecule has 0 radical (unpaired) electrons. The molecule has 1 aliphatic rings. The molecule has 0 aliphatic carbocycles. The molecule has 3 aromatic carbocycles. The standard InChI is InChI=1S/C27H30N4O3/c1-17(28)31-12-10-24(11-13-31)34-23-8-6-20(7-9-23)25(27(32)33)15-18-2-3-19-4-5-21(26(29)30)16-22(19)14-18/h2-9,14,16,24-25,28H,10-13,15H2,1H3,(H3,29,30)(H,32,33)/t25-/m1/s1. The van der Waals surface area contributed by atoms with Crippen LogP contribution >= 0.6 is 0 Å². The van der Waals surface area contributed by atoms with Crippen LogP contribution in [0.3, 0.4) is 0 Å². The minimum Gasteiger partial charge on any atom is -0.490 e. The highest BCUT2D eigenvalue weighted by Crippen LogP contribution is 2.27. The minimum absolute atomic E-state index is 0.00779. The molecule has 7 nitrogen and oxygen atoms in total. The van der Waals surface area contributed by atoms with E-state index in [9.17, 15) is 9.90 Å². The van der Waals surface area contributed by atoms with E-state index in [1.165, 1.54) is 0 Å². The van der Waals surface area contributed by atoms with Crippen molar-refractivity contribution in [1.29, 1.82) is 10.8 Å². The normalized spacial score (nSPS) is 15.1. The summed E-state index contributed by atoms with van der Waals surface area (Å²) in [4.78, 5) is 14.2. The van der Waals surface area contributed by atoms with Crippen LogP contribution in [-0.2, 0) is 11.2 Å². The number of piperidine rings is 1. The van der Waals surface area contributed by atoms with Gasteiger partial charge in [0.2, 0.25) is 0 Å². The molecule has 0 aromatic heterocycles. The summed E-state index contributed by atoms with van der Waals surface area (Å²) in [7, 11) is 0. The van der Waals surface area contributed by atoms with Gasteiger partial charge in [-0.25, -0.2) is 0 Å². The monoisotopic (exact) mass is 458 g/mol. The first kappa shape index (κ1) is 23.3. The van der Waals surface area contributed by atoms with E-state index in [2.05, 4.69) is 0 Å². The molecule has 0 bridgehead atoms. The molecule has 7 heteroatoms. The Labute approximate surface area is 199 Å². The van der Waals surface area contributed by atoms with E-state index < -0.39 is 11.9 Å². The molecule has 0 unspecified atom stereocenters. The Morgan fingerprint density at radius 2 is 1.74 bits per heavy atom. The van der Waals surface area contributed by atoms with Gasteiger partial charge in [-0.3, -0.25) is 15.6 Å². The summed E-state index contributed by atoms with van der Waals surface area (Å²) in [5.74, 6) is -0.219. The summed E-state index contributed by atoms with van der Waals surface area (Å²) in [6, 6.07) is 18.8. The van der Waals surface area contributed by atoms with Gasteiger partial charge in [-0.15, -0.1) is 0 Å². The second-order valence-corrected chi connectivity index (χ2v) is 8.86. The number of nitrogen functional groups attached to an aromatic ring is 1. The zero-order valence-corrected chi connectivity index (χ0v) is 19.3. The quantitative estimate of drug-likeness (QED) is 0.309. The van der Waals surface area contributed by atoms with Gasteiger partial charge in [0.25, 0.3) is 0 Å². The number of carboxylic acid groups (broad SMARTS) is 1. The van der Waals surface area contributed by atoms with Crippen LogP contribution in [0.25, 0.3) is 10.8 Å². The lowest BCUT2D eigenvalue weighted by molar-refractivity contribution is -0.138. The Balaban J connectivity index is 1.46. The summed E-state index contributed by atoms with van der Waals surface area (Å²) >= 11 is 0. The van der Waals surface area contributed by atoms with E-state index in [0.29, 0.717) is 17.8 Å². The third kappa shape index (κ3) is 5.36. The molecule has 0 amide bonds. The molecule has 4 rings (SSSR count). The summed E-state index contributed by atoms with van der Waals surface area (Å²) in [6.45, 7) is 3.44. The summed E-state index contributed by atoms with van der Waals surface area (Å²) in [6.07, 6.45) is 2.19. The van der Waals surface area contributed by atoms with Gasteiger partial charge in [0.15, 0.2) is 0 Å². The van der Waals surface area contributed by atoms with Crippen LogP contribution in [0, 0.1) is 10.8 Å². The predicted molar refractivity (Wildman–Crippen MR) is 134 cm³/mol. The number of benzene rings is 3. The Morgan fingerprint density at radius 3 is 2.35 bits per heavy atom. The van der Waals surface area contributed by atoms with Crippen molar-refractivity contribution in [2.45, 2.75) is 38.2 Å². The number of hydrogen-bond donors (Lipinski definition) is 4. The van der Waals surface area contributed by atoms with Crippen molar-refractivity contribution in [2.75, 3.05) is 13.1 Å². The van der Waals surface area contributed by atoms with E-state index >= 15 is 0 Å². The van der Waals surface area contributed by atoms with E-state index in [-0.39, 0.29) is 11.9 Å². The maximum Gasteiger partial charge on any atom is 0.311 e. The van der Waals surface area contributed by atoms with Gasteiger partial charge in [-0.1, -0.05) is 42.5 Å². The Bertz CT molecular complexity index is 1210. The Morgan fingerprint density at radius 1 is 1.06 bits per heavy atom. The minimum atomic E-state index is -0.874. The molecular weight excluding hydrogens is 428 g/mol. The molecule has 0 spiro atoms. The maximum atomic E-state index is 12.1. The smallest absolute Gasteiger partial charge is 0.311 e. The van der Waals surface area contributed by atoms with Crippen molar-refractivity contribution in [2.24, 2.45) is 5.73 Å². The van der Waals surface area contributed by atoms with Crippen LogP contribution in [0.15, 0.2) is 60.7 Å². The predicted octanol–water partition coefficient (Wildman–Crippen LogP) is 4.38. The zero-order chi connectivity index (χ0) is 24.2. The van der Waals surface area contributed by atoms with Crippen LogP contribution in [0.5, 0.6) is 5.75 Å². The van der Waals surface area contributed by atoms with E-state index in [0.717, 1.165) is 53.6 Å². The molecule has 176 valence electrons. The SMILES string of the molecule is CC(=N)N1CCC(Oc2ccc([C@@H](Cc3ccc4ccc(C(=N)N)cc4c3)C(=O)O)cc2)CC1. The molecule has 1 heterocycles. The van der Waals surface area contributed by atoms with Crippen molar-refractivity contribution in [3.8, 4) is 5.75 Å². The van der Waals surface area contributed by atoms with Crippen molar-refractivity contribution in [1.82, 2.24) is 4.90 Å². The second-order valence-electron chi connectivity index (χ2n) is 8.86. The average molecular weight is 459 g/mol. The molecule has 3 aromatic rings. The van der Waals surface area contributed by atoms with Crippen molar-refractivity contribution < 1.29 is 14.6 Å². The number of carboxylic acids is 1. The number of nitrogens with two attached hydrogens (primary N) is 1. The van der Waals surface area contributed by atoms with Gasteiger partial charge >= 0.3 is 5.97 Å². The number of likely N-dealkylation sites (tertiary alicyclic amines) is 1. The number of hydrogen-bond acceptors (Lipinski definition) is 4. The summed E-state index contributed by atoms with van der Waals surface area (Å²) in [5.41, 5.74) is 7.90. The molecular formula is C27H30N4O3. The van der Waals surface area contributed by atoms with Gasteiger partial charge in [0.05, 0.1) is 11.8 Å². The Kier molecular flexibility index (Phi) is 6.82. The highest BCUT2D eigenvalue weighted by atomic mass is 16.5. The van der Waals surface area contributed by atoms with Gasteiger partial charge in [0, 0.05) is 31.5 Å². The van der Waals surface area contributed by atoms with Gasteiger partial charge in [0.1, 0.15) is 17.7 Å². The molecule has 1 fully saturated rings. The number of nitrogens with one attached hydrogen (secondary N) is 2. The van der Waals surface area contributed by atoms with Crippen LogP contribution in [0.2, 0.25) is 0 Å². The summed E-state index contributed by atoms with van der Waals surface area (Å²) in [5, 5.41) is 27.3. The summed E-state index contributed by atoms with van der Waals surface area (Å²) < 4.78 is 6.10. The van der Waals surface area contributed by atoms with Crippen molar-refractivity contribution >= 4 is 28.4 Å². The molecule has 0 saturated carbocycles. The zero-order valence-electron chi connectivity index (χ0n) is 19.3. The van der Waals surface area contributed by atoms with E-state index in [1.807, 2.05) is 65.6 Å². The van der Waals surface area contributed by atoms with Gasteiger partial charge < -0.3 is 20.5 Å². The number of fused-ring (bicyclic) bond motifs is 1. The average Bonchev–Trinajstić information content (AvgIpc) is 2.83. The molecule has 1 saturated heterocycles. The largest absolute Gasteiger partial charge is 0.490 e. The lowest BCUT2D eigenvalue weighted by atomic mass is 9.91. The van der Waals surface area contributed by atoms with Crippen molar-refractivity contribution in [3.63, 3.8) is 0 Å². The fourth-order valence-corrected chi connectivity index (χ4v) is 4.45. The fourth-order valence-electron chi connectivity index (χ4n) is 4.45. The topological polar surface area (TPSA) is 123 Å². The van der Waals surface area contributed by atoms with E-state index in [4.69, 9.17) is 21.3 Å². The lowest BCUT2D eigenvalue weighted by Gasteiger charge is -2.32. The van der Waals surface area contributed by atoms with Gasteiger partial charge in [-0.2, -0.15) is 0 Å². The first-order valence-electron chi connectivity index (χ1n) is 11.5. The van der Waals surface area contributed by atoms with Gasteiger partial charge in [-0.05, 0) is 53.4 Å². The third-order valence-corrected chi connectivity index (χ3v) is 6.46. The first-order valence-corrected chi connectivity index (χ1v) is 11.5. The number of aliphatic carboxylic acids is 1. The lowest BCUT2D eigenvalue weighted by Crippen LogP contribution is -2.40. The first-order chi connectivity index (χ1) is 16.3. The highest BCUT2D eigenvalue weighted by molar-refractivity contribution is 5.99. The maximum absolute atomic E-state index is 12.1. The highest BCUT2D eigenvalue weighted by Gasteiger charge is 2.23. The van der Waals surface area contributed by atoms with Crippen LogP contribution in [-0.4, -0.2) is 46.8 Å². The molecule has 1 atom stereocenters.